The third-order valence-corrected chi connectivity index (χ3v) is 5.79. The van der Waals surface area contributed by atoms with Crippen molar-refractivity contribution in [2.24, 2.45) is 0 Å². The highest BCUT2D eigenvalue weighted by atomic mass is 32.2. The maximum atomic E-state index is 13.4. The van der Waals surface area contributed by atoms with Crippen LogP contribution >= 0.6 is 11.8 Å². The van der Waals surface area contributed by atoms with Crippen LogP contribution in [0.3, 0.4) is 0 Å². The number of aromatic nitrogens is 1. The van der Waals surface area contributed by atoms with E-state index < -0.39 is 23.1 Å². The first-order valence-electron chi connectivity index (χ1n) is 8.68. The number of furan rings is 2. The van der Waals surface area contributed by atoms with Gasteiger partial charge in [-0.3, -0.25) is 9.36 Å². The van der Waals surface area contributed by atoms with Crippen molar-refractivity contribution in [1.82, 2.24) is 4.57 Å². The van der Waals surface area contributed by atoms with E-state index >= 15 is 0 Å². The highest BCUT2D eigenvalue weighted by molar-refractivity contribution is 8.10. The molecule has 0 saturated heterocycles. The van der Waals surface area contributed by atoms with Crippen molar-refractivity contribution >= 4 is 46.3 Å². The summed E-state index contributed by atoms with van der Waals surface area (Å²) in [6.45, 7) is 0. The van der Waals surface area contributed by atoms with E-state index in [1.807, 2.05) is 0 Å². The fraction of sp³-hybridized carbons (Fsp3) is 0.150. The molecule has 4 rings (SSSR count). The Balaban J connectivity index is 2.13. The number of carbonyl (C=O) groups excluding carboxylic acids is 3. The second-order valence-corrected chi connectivity index (χ2v) is 7.30. The highest BCUT2D eigenvalue weighted by Crippen LogP contribution is 2.39. The van der Waals surface area contributed by atoms with Crippen LogP contribution in [0.1, 0.15) is 32.1 Å². The summed E-state index contributed by atoms with van der Waals surface area (Å²) in [4.78, 5) is 38.7. The van der Waals surface area contributed by atoms with Crippen LogP contribution in [-0.4, -0.2) is 36.6 Å². The molecule has 0 amide bonds. The Bertz CT molecular complexity index is 1250. The quantitative estimate of drug-likeness (QED) is 0.611. The molecule has 3 aromatic heterocycles. The number of hydrogen-bond donors (Lipinski definition) is 1. The van der Waals surface area contributed by atoms with Gasteiger partial charge in [0, 0.05) is 5.22 Å². The van der Waals surface area contributed by atoms with Gasteiger partial charge in [0.25, 0.3) is 5.91 Å². The van der Waals surface area contributed by atoms with Crippen molar-refractivity contribution in [3.63, 3.8) is 0 Å². The summed E-state index contributed by atoms with van der Waals surface area (Å²) >= 11 is 0.961. The van der Waals surface area contributed by atoms with Crippen molar-refractivity contribution in [2.75, 3.05) is 20.0 Å². The first-order chi connectivity index (χ1) is 14.5. The second-order valence-electron chi connectivity index (χ2n) is 6.18. The van der Waals surface area contributed by atoms with Crippen molar-refractivity contribution in [3.8, 4) is 0 Å². The minimum atomic E-state index is -0.923. The molecule has 1 atom stereocenters. The number of rotatable bonds is 4. The Labute approximate surface area is 173 Å². The number of nitrogens with zero attached hydrogens (tertiary/aromatic N) is 1. The first-order valence-corrected chi connectivity index (χ1v) is 9.56. The Morgan fingerprint density at radius 2 is 1.83 bits per heavy atom. The molecular formula is C20H16N2O7S. The molecule has 0 aromatic carbocycles. The van der Waals surface area contributed by atoms with Crippen molar-refractivity contribution in [3.05, 3.63) is 64.6 Å². The molecule has 0 fully saturated rings. The van der Waals surface area contributed by atoms with Crippen molar-refractivity contribution in [2.45, 2.75) is 5.25 Å². The monoisotopic (exact) mass is 428 g/mol. The second kappa shape index (κ2) is 7.64. The molecule has 0 bridgehead atoms. The number of esters is 2. The topological polar surface area (TPSA) is 127 Å². The third kappa shape index (κ3) is 3.01. The van der Waals surface area contributed by atoms with Crippen LogP contribution in [0.15, 0.2) is 45.6 Å². The van der Waals surface area contributed by atoms with E-state index in [0.717, 1.165) is 16.3 Å². The standard InChI is InChI=1S/C20H16N2O7S/c1-26-19(24)15-13(21)11(9-10-5-3-7-28-10)14-17(20(25)27-2)30-16(18(23)22(14)15)12-6-4-8-29-12/h3-9,16H,21H2,1-2H3. The number of methoxy groups -OCH3 is 2. The first kappa shape index (κ1) is 19.6. The number of hydrogen-bond acceptors (Lipinski definition) is 9. The molecule has 1 aliphatic heterocycles. The predicted octanol–water partition coefficient (Wildman–Crippen LogP) is 1.28. The van der Waals surface area contributed by atoms with Gasteiger partial charge < -0.3 is 24.0 Å². The fourth-order valence-corrected chi connectivity index (χ4v) is 4.40. The molecule has 30 heavy (non-hydrogen) atoms. The van der Waals surface area contributed by atoms with E-state index in [0.29, 0.717) is 11.5 Å². The van der Waals surface area contributed by atoms with Crippen molar-refractivity contribution < 1.29 is 32.7 Å². The van der Waals surface area contributed by atoms with Gasteiger partial charge in [0.15, 0.2) is 5.69 Å². The maximum Gasteiger partial charge on any atom is 0.357 e. The molecule has 9 nitrogen and oxygen atoms in total. The number of thioether (sulfide) groups is 1. The predicted molar refractivity (Wildman–Crippen MR) is 107 cm³/mol. The Hall–Kier alpha value is -3.66. The average molecular weight is 428 g/mol. The summed E-state index contributed by atoms with van der Waals surface area (Å²) in [5, 5.41) is -0.522. The molecule has 0 saturated carbocycles. The van der Waals surface area contributed by atoms with E-state index in [1.165, 1.54) is 32.8 Å². The number of nitrogen functional groups attached to an aromatic ring is 1. The summed E-state index contributed by atoms with van der Waals surface area (Å²) in [5.41, 5.74) is 6.05. The summed E-state index contributed by atoms with van der Waals surface area (Å²) in [6.07, 6.45) is 4.42. The fourth-order valence-electron chi connectivity index (χ4n) is 3.21. The van der Waals surface area contributed by atoms with Gasteiger partial charge in [0.1, 0.15) is 21.7 Å². The largest absolute Gasteiger partial charge is 0.468 e. The van der Waals surface area contributed by atoms with Crippen LogP contribution in [0.5, 0.6) is 0 Å². The highest BCUT2D eigenvalue weighted by Gasteiger charge is 2.39. The molecule has 2 N–H and O–H groups in total. The molecule has 10 heteroatoms. The van der Waals surface area contributed by atoms with Gasteiger partial charge in [-0.05, 0) is 30.3 Å². The summed E-state index contributed by atoms with van der Waals surface area (Å²) in [5.74, 6) is -1.29. The average Bonchev–Trinajstić information content (AvgIpc) is 3.50. The number of fused-ring (bicyclic) bond motifs is 1. The lowest BCUT2D eigenvalue weighted by Gasteiger charge is -2.21. The molecular weight excluding hydrogens is 412 g/mol. The number of anilines is 1. The zero-order valence-electron chi connectivity index (χ0n) is 15.9. The maximum absolute atomic E-state index is 13.4. The van der Waals surface area contributed by atoms with Gasteiger partial charge in [-0.2, -0.15) is 0 Å². The van der Waals surface area contributed by atoms with Gasteiger partial charge in [0.2, 0.25) is 0 Å². The molecule has 1 unspecified atom stereocenters. The van der Waals surface area contributed by atoms with E-state index in [4.69, 9.17) is 24.0 Å². The Kier molecular flexibility index (Phi) is 5.00. The Morgan fingerprint density at radius 3 is 2.43 bits per heavy atom. The van der Waals surface area contributed by atoms with Crippen molar-refractivity contribution in [1.29, 1.82) is 0 Å². The van der Waals surface area contributed by atoms with Gasteiger partial charge in [-0.15, -0.1) is 0 Å². The molecule has 0 spiro atoms. The smallest absolute Gasteiger partial charge is 0.357 e. The van der Waals surface area contributed by atoms with E-state index in [2.05, 4.69) is 0 Å². The van der Waals surface area contributed by atoms with Gasteiger partial charge in [-0.25, -0.2) is 9.59 Å². The molecule has 4 heterocycles. The van der Waals surface area contributed by atoms with Gasteiger partial charge in [-0.1, -0.05) is 11.8 Å². The molecule has 154 valence electrons. The normalized spacial score (nSPS) is 16.5. The van der Waals surface area contributed by atoms with Crippen LogP contribution in [-0.2, 0) is 14.3 Å². The van der Waals surface area contributed by atoms with Crippen LogP contribution in [0, 0.1) is 0 Å². The minimum absolute atomic E-state index is 0.0244. The molecule has 0 aliphatic carbocycles. The zero-order chi connectivity index (χ0) is 21.4. The van der Waals surface area contributed by atoms with Crippen LogP contribution in [0.4, 0.5) is 5.69 Å². The number of ether oxygens (including phenoxy) is 2. The van der Waals surface area contributed by atoms with E-state index in [-0.39, 0.29) is 26.9 Å². The van der Waals surface area contributed by atoms with Gasteiger partial charge >= 0.3 is 11.9 Å². The minimum Gasteiger partial charge on any atom is -0.468 e. The zero-order valence-corrected chi connectivity index (χ0v) is 16.7. The third-order valence-electron chi connectivity index (χ3n) is 4.52. The molecule has 0 radical (unpaired) electrons. The number of carbonyl (C=O) groups is 3. The molecule has 3 aromatic rings. The lowest BCUT2D eigenvalue weighted by molar-refractivity contribution is -0.133. The number of nitrogens with two attached hydrogens (primary N) is 1. The lowest BCUT2D eigenvalue weighted by atomic mass is 10.2. The van der Waals surface area contributed by atoms with E-state index in [9.17, 15) is 14.4 Å². The SMILES string of the molecule is COC(=O)C1=c2c(=Cc3ccco3)c(N)c(C(=O)OC)n2C(=O)C(c2ccco2)S1. The Morgan fingerprint density at radius 1 is 1.13 bits per heavy atom. The van der Waals surface area contributed by atoms with Crippen LogP contribution in [0.2, 0.25) is 0 Å². The van der Waals surface area contributed by atoms with Gasteiger partial charge in [0.05, 0.1) is 37.8 Å². The van der Waals surface area contributed by atoms with Crippen LogP contribution in [0.25, 0.3) is 11.0 Å². The lowest BCUT2D eigenvalue weighted by Crippen LogP contribution is -2.42. The van der Waals surface area contributed by atoms with Crippen LogP contribution < -0.4 is 16.3 Å². The summed E-state index contributed by atoms with van der Waals surface area (Å²) in [7, 11) is 2.40. The molecule has 1 aliphatic rings. The summed E-state index contributed by atoms with van der Waals surface area (Å²) in [6, 6.07) is 6.57. The van der Waals surface area contributed by atoms with E-state index in [1.54, 1.807) is 24.3 Å². The summed E-state index contributed by atoms with van der Waals surface area (Å²) < 4.78 is 21.6.